The summed E-state index contributed by atoms with van der Waals surface area (Å²) in [4.78, 5) is 11.3. The van der Waals surface area contributed by atoms with Crippen molar-refractivity contribution in [2.24, 2.45) is 0 Å². The number of para-hydroxylation sites is 2. The van der Waals surface area contributed by atoms with Gasteiger partial charge in [-0.15, -0.1) is 0 Å². The van der Waals surface area contributed by atoms with Crippen molar-refractivity contribution in [3.63, 3.8) is 0 Å². The van der Waals surface area contributed by atoms with Crippen LogP contribution in [0.3, 0.4) is 0 Å². The second-order valence-corrected chi connectivity index (χ2v) is 3.68. The Morgan fingerprint density at radius 2 is 2.12 bits per heavy atom. The van der Waals surface area contributed by atoms with E-state index in [4.69, 9.17) is 9.84 Å². The smallest absolute Gasteiger partial charge is 0.226 e. The molecule has 0 saturated heterocycles. The molecule has 0 aliphatic heterocycles. The highest BCUT2D eigenvalue weighted by molar-refractivity contribution is 5.92. The summed E-state index contributed by atoms with van der Waals surface area (Å²) in [6.07, 6.45) is 0.145. The van der Waals surface area contributed by atoms with Gasteiger partial charge in [-0.3, -0.25) is 4.79 Å². The minimum atomic E-state index is -0.220. The molecule has 0 aliphatic carbocycles. The van der Waals surface area contributed by atoms with Gasteiger partial charge in [0.25, 0.3) is 0 Å². The first-order valence-corrected chi connectivity index (χ1v) is 5.30. The third kappa shape index (κ3) is 3.90. The molecule has 1 aromatic rings. The first kappa shape index (κ1) is 12.5. The molecule has 16 heavy (non-hydrogen) atoms. The van der Waals surface area contributed by atoms with Crippen molar-refractivity contribution in [3.8, 4) is 5.75 Å². The maximum Gasteiger partial charge on any atom is 0.226 e. The van der Waals surface area contributed by atoms with E-state index < -0.39 is 0 Å². The van der Waals surface area contributed by atoms with Crippen LogP contribution in [0.25, 0.3) is 0 Å². The fraction of sp³-hybridized carbons (Fsp3) is 0.417. The van der Waals surface area contributed by atoms with E-state index in [1.807, 2.05) is 26.0 Å². The molecule has 0 heterocycles. The average molecular weight is 223 g/mol. The van der Waals surface area contributed by atoms with E-state index in [9.17, 15) is 4.79 Å². The third-order valence-electron chi connectivity index (χ3n) is 1.86. The first-order valence-electron chi connectivity index (χ1n) is 5.30. The number of hydrogen-bond acceptors (Lipinski definition) is 3. The molecule has 88 valence electrons. The minimum Gasteiger partial charge on any atom is -0.489 e. The standard InChI is InChI=1S/C12H17NO3/c1-9(2)16-11-6-4-3-5-10(11)13-12(15)7-8-14/h3-6,9,14H,7-8H2,1-2H3,(H,13,15). The Morgan fingerprint density at radius 3 is 2.75 bits per heavy atom. The van der Waals surface area contributed by atoms with Crippen molar-refractivity contribution in [2.75, 3.05) is 11.9 Å². The van der Waals surface area contributed by atoms with Gasteiger partial charge in [-0.05, 0) is 26.0 Å². The molecule has 0 spiro atoms. The maximum atomic E-state index is 11.3. The number of aliphatic hydroxyl groups excluding tert-OH is 1. The van der Waals surface area contributed by atoms with Crippen molar-refractivity contribution < 1.29 is 14.6 Å². The van der Waals surface area contributed by atoms with E-state index in [0.29, 0.717) is 11.4 Å². The van der Waals surface area contributed by atoms with Crippen LogP contribution in [0.1, 0.15) is 20.3 Å². The molecule has 4 heteroatoms. The third-order valence-corrected chi connectivity index (χ3v) is 1.86. The molecule has 4 nitrogen and oxygen atoms in total. The van der Waals surface area contributed by atoms with Crippen LogP contribution < -0.4 is 10.1 Å². The van der Waals surface area contributed by atoms with Crippen molar-refractivity contribution >= 4 is 11.6 Å². The molecule has 1 amide bonds. The van der Waals surface area contributed by atoms with Gasteiger partial charge in [-0.2, -0.15) is 0 Å². The van der Waals surface area contributed by atoms with Gasteiger partial charge in [0.1, 0.15) is 5.75 Å². The Balaban J connectivity index is 2.74. The summed E-state index contributed by atoms with van der Waals surface area (Å²) >= 11 is 0. The summed E-state index contributed by atoms with van der Waals surface area (Å²) in [6.45, 7) is 3.69. The molecule has 2 N–H and O–H groups in total. The number of carbonyl (C=O) groups excluding carboxylic acids is 1. The molecule has 0 radical (unpaired) electrons. The number of amides is 1. The van der Waals surface area contributed by atoms with E-state index >= 15 is 0 Å². The molecule has 0 aromatic heterocycles. The summed E-state index contributed by atoms with van der Waals surface area (Å²) < 4.78 is 5.55. The summed E-state index contributed by atoms with van der Waals surface area (Å²) in [6, 6.07) is 7.24. The molecule has 0 atom stereocenters. The lowest BCUT2D eigenvalue weighted by atomic mass is 10.2. The summed E-state index contributed by atoms with van der Waals surface area (Å²) in [5, 5.41) is 11.3. The van der Waals surface area contributed by atoms with Crippen LogP contribution in [0.5, 0.6) is 5.75 Å². The van der Waals surface area contributed by atoms with Gasteiger partial charge in [0, 0.05) is 0 Å². The lowest BCUT2D eigenvalue weighted by Crippen LogP contribution is -2.15. The van der Waals surface area contributed by atoms with Gasteiger partial charge >= 0.3 is 0 Å². The topological polar surface area (TPSA) is 58.6 Å². The maximum absolute atomic E-state index is 11.3. The summed E-state index contributed by atoms with van der Waals surface area (Å²) in [5.74, 6) is 0.422. The largest absolute Gasteiger partial charge is 0.489 e. The van der Waals surface area contributed by atoms with Gasteiger partial charge in [-0.1, -0.05) is 12.1 Å². The predicted molar refractivity (Wildman–Crippen MR) is 62.5 cm³/mol. The molecule has 0 aliphatic rings. The molecular weight excluding hydrogens is 206 g/mol. The fourth-order valence-electron chi connectivity index (χ4n) is 1.24. The molecule has 0 saturated carbocycles. The van der Waals surface area contributed by atoms with Crippen LogP contribution in [-0.2, 0) is 4.79 Å². The van der Waals surface area contributed by atoms with E-state index in [2.05, 4.69) is 5.32 Å². The monoisotopic (exact) mass is 223 g/mol. The second-order valence-electron chi connectivity index (χ2n) is 3.68. The van der Waals surface area contributed by atoms with Gasteiger partial charge in [0.2, 0.25) is 5.91 Å². The lowest BCUT2D eigenvalue weighted by Gasteiger charge is -2.14. The highest BCUT2D eigenvalue weighted by Gasteiger charge is 2.07. The van der Waals surface area contributed by atoms with Crippen LogP contribution in [0, 0.1) is 0 Å². The van der Waals surface area contributed by atoms with Crippen molar-refractivity contribution in [3.05, 3.63) is 24.3 Å². The van der Waals surface area contributed by atoms with Gasteiger partial charge in [0.15, 0.2) is 0 Å². The number of aliphatic hydroxyl groups is 1. The number of rotatable bonds is 5. The molecule has 1 rings (SSSR count). The summed E-state index contributed by atoms with van der Waals surface area (Å²) in [5.41, 5.74) is 0.634. The second kappa shape index (κ2) is 6.12. The zero-order valence-corrected chi connectivity index (χ0v) is 9.56. The summed E-state index contributed by atoms with van der Waals surface area (Å²) in [7, 11) is 0. The molecular formula is C12H17NO3. The van der Waals surface area contributed by atoms with E-state index in [1.165, 1.54) is 0 Å². The fourth-order valence-corrected chi connectivity index (χ4v) is 1.24. The average Bonchev–Trinajstić information content (AvgIpc) is 2.20. The van der Waals surface area contributed by atoms with Crippen molar-refractivity contribution in [1.82, 2.24) is 0 Å². The number of carbonyl (C=O) groups is 1. The number of nitrogens with one attached hydrogen (secondary N) is 1. The van der Waals surface area contributed by atoms with Crippen LogP contribution >= 0.6 is 0 Å². The predicted octanol–water partition coefficient (Wildman–Crippen LogP) is 1.79. The molecule has 0 fully saturated rings. The molecule has 0 unspecified atom stereocenters. The van der Waals surface area contributed by atoms with E-state index in [1.54, 1.807) is 12.1 Å². The van der Waals surface area contributed by atoms with Gasteiger partial charge < -0.3 is 15.2 Å². The van der Waals surface area contributed by atoms with Crippen LogP contribution in [0.4, 0.5) is 5.69 Å². The van der Waals surface area contributed by atoms with Gasteiger partial charge in [0.05, 0.1) is 24.8 Å². The van der Waals surface area contributed by atoms with Crippen molar-refractivity contribution in [2.45, 2.75) is 26.4 Å². The first-order chi connectivity index (χ1) is 7.63. The number of hydrogen-bond donors (Lipinski definition) is 2. The SMILES string of the molecule is CC(C)Oc1ccccc1NC(=O)CCO. The minimum absolute atomic E-state index is 0.0518. The van der Waals surface area contributed by atoms with Crippen LogP contribution in [-0.4, -0.2) is 23.7 Å². The highest BCUT2D eigenvalue weighted by atomic mass is 16.5. The lowest BCUT2D eigenvalue weighted by molar-refractivity contribution is -0.116. The molecule has 1 aromatic carbocycles. The van der Waals surface area contributed by atoms with Crippen LogP contribution in [0.15, 0.2) is 24.3 Å². The Labute approximate surface area is 95.2 Å². The van der Waals surface area contributed by atoms with E-state index in [-0.39, 0.29) is 25.0 Å². The molecule has 0 bridgehead atoms. The Kier molecular flexibility index (Phi) is 4.79. The zero-order chi connectivity index (χ0) is 12.0. The Morgan fingerprint density at radius 1 is 1.44 bits per heavy atom. The zero-order valence-electron chi connectivity index (χ0n) is 9.56. The normalized spacial score (nSPS) is 10.2. The van der Waals surface area contributed by atoms with E-state index in [0.717, 1.165) is 0 Å². The number of ether oxygens (including phenoxy) is 1. The Hall–Kier alpha value is -1.55. The number of anilines is 1. The Bertz CT molecular complexity index is 350. The highest BCUT2D eigenvalue weighted by Crippen LogP contribution is 2.24. The van der Waals surface area contributed by atoms with Gasteiger partial charge in [-0.25, -0.2) is 0 Å². The quantitative estimate of drug-likeness (QED) is 0.800. The van der Waals surface area contributed by atoms with Crippen molar-refractivity contribution in [1.29, 1.82) is 0 Å². The van der Waals surface area contributed by atoms with Crippen LogP contribution in [0.2, 0.25) is 0 Å². The number of benzene rings is 1.